The molecule has 1 aliphatic heterocycles. The number of guanidine groups is 1. The van der Waals surface area contributed by atoms with Gasteiger partial charge in [-0.15, -0.1) is 0 Å². The Morgan fingerprint density at radius 2 is 2.11 bits per heavy atom. The average Bonchev–Trinajstić information content (AvgIpc) is 3.30. The van der Waals surface area contributed by atoms with E-state index in [9.17, 15) is 8.42 Å². The zero-order valence-electron chi connectivity index (χ0n) is 15.6. The van der Waals surface area contributed by atoms with Gasteiger partial charge in [-0.1, -0.05) is 5.16 Å². The van der Waals surface area contributed by atoms with Crippen LogP contribution in [0.25, 0.3) is 0 Å². The van der Waals surface area contributed by atoms with Crippen LogP contribution in [-0.2, 0) is 29.4 Å². The minimum absolute atomic E-state index is 0.140. The molecule has 0 aliphatic carbocycles. The molecule has 3 rings (SSSR count). The van der Waals surface area contributed by atoms with E-state index in [1.807, 2.05) is 20.2 Å². The van der Waals surface area contributed by atoms with E-state index in [1.54, 1.807) is 16.9 Å². The summed E-state index contributed by atoms with van der Waals surface area (Å²) < 4.78 is 33.0. The van der Waals surface area contributed by atoms with Gasteiger partial charge in [-0.05, 0) is 6.92 Å². The number of hydrogen-bond donors (Lipinski definition) is 1. The van der Waals surface area contributed by atoms with Crippen molar-refractivity contribution in [1.82, 2.24) is 29.5 Å². The molecule has 11 heteroatoms. The number of piperazine rings is 1. The molecule has 148 valence electrons. The summed E-state index contributed by atoms with van der Waals surface area (Å²) in [6.45, 7) is 5.28. The fourth-order valence-electron chi connectivity index (χ4n) is 2.91. The van der Waals surface area contributed by atoms with E-state index in [4.69, 9.17) is 4.52 Å². The summed E-state index contributed by atoms with van der Waals surface area (Å²) in [5, 5.41) is 11.1. The molecule has 1 fully saturated rings. The number of hydrogen-bond acceptors (Lipinski definition) is 6. The van der Waals surface area contributed by atoms with Gasteiger partial charge < -0.3 is 14.7 Å². The number of sulfonamides is 1. The average molecular weight is 395 g/mol. The molecule has 0 bridgehead atoms. The zero-order chi connectivity index (χ0) is 19.3. The molecule has 0 saturated carbocycles. The molecule has 0 aromatic carbocycles. The summed E-state index contributed by atoms with van der Waals surface area (Å²) in [7, 11) is -1.54. The van der Waals surface area contributed by atoms with E-state index in [2.05, 4.69) is 25.5 Å². The lowest BCUT2D eigenvalue weighted by Crippen LogP contribution is -2.53. The van der Waals surface area contributed by atoms with Gasteiger partial charge in [-0.3, -0.25) is 4.68 Å². The van der Waals surface area contributed by atoms with Gasteiger partial charge in [0, 0.05) is 57.6 Å². The molecule has 0 atom stereocenters. The quantitative estimate of drug-likeness (QED) is 0.542. The predicted molar refractivity (Wildman–Crippen MR) is 100 cm³/mol. The number of nitrogens with zero attached hydrogens (tertiary/aromatic N) is 6. The van der Waals surface area contributed by atoms with Gasteiger partial charge in [0.05, 0.1) is 18.4 Å². The standard InChI is InChI=1S/C16H25N7O3S/c1-3-17-16(18-10-14-11-19-21(2)12-14)22-5-7-23(8-6-22)27(24,25)13-15-4-9-26-20-15/h4,9,11-12H,3,5-8,10,13H2,1-2H3,(H,17,18). The summed E-state index contributed by atoms with van der Waals surface area (Å²) in [6.07, 6.45) is 5.10. The van der Waals surface area contributed by atoms with Gasteiger partial charge >= 0.3 is 0 Å². The summed E-state index contributed by atoms with van der Waals surface area (Å²) in [6, 6.07) is 1.57. The van der Waals surface area contributed by atoms with Crippen LogP contribution in [0.4, 0.5) is 0 Å². The van der Waals surface area contributed by atoms with Gasteiger partial charge in [0.15, 0.2) is 5.96 Å². The van der Waals surface area contributed by atoms with Crippen molar-refractivity contribution < 1.29 is 12.9 Å². The second kappa shape index (κ2) is 8.53. The maximum Gasteiger partial charge on any atom is 0.220 e. The highest BCUT2D eigenvalue weighted by Crippen LogP contribution is 2.13. The Bertz CT molecular complexity index is 852. The SMILES string of the molecule is CCNC(=NCc1cnn(C)c1)N1CCN(S(=O)(=O)Cc2ccon2)CC1. The second-order valence-electron chi connectivity index (χ2n) is 6.33. The summed E-state index contributed by atoms with van der Waals surface area (Å²) in [5.74, 6) is 0.647. The molecule has 1 saturated heterocycles. The van der Waals surface area contributed by atoms with Crippen molar-refractivity contribution in [1.29, 1.82) is 0 Å². The van der Waals surface area contributed by atoms with E-state index in [0.717, 1.165) is 18.1 Å². The fourth-order valence-corrected chi connectivity index (χ4v) is 4.34. The van der Waals surface area contributed by atoms with Crippen molar-refractivity contribution in [2.24, 2.45) is 12.0 Å². The van der Waals surface area contributed by atoms with Crippen LogP contribution < -0.4 is 5.32 Å². The highest BCUT2D eigenvalue weighted by Gasteiger charge is 2.28. The molecular weight excluding hydrogens is 370 g/mol. The minimum Gasteiger partial charge on any atom is -0.364 e. The topological polar surface area (TPSA) is 109 Å². The first-order valence-electron chi connectivity index (χ1n) is 8.86. The van der Waals surface area contributed by atoms with Crippen molar-refractivity contribution in [2.45, 2.75) is 19.2 Å². The third-order valence-corrected chi connectivity index (χ3v) is 6.07. The van der Waals surface area contributed by atoms with Gasteiger partial charge in [0.25, 0.3) is 0 Å². The molecule has 0 spiro atoms. The Balaban J connectivity index is 1.60. The molecule has 0 unspecified atom stereocenters. The second-order valence-corrected chi connectivity index (χ2v) is 8.29. The van der Waals surface area contributed by atoms with Crippen molar-refractivity contribution in [2.75, 3.05) is 32.7 Å². The van der Waals surface area contributed by atoms with E-state index >= 15 is 0 Å². The lowest BCUT2D eigenvalue weighted by Gasteiger charge is -2.35. The lowest BCUT2D eigenvalue weighted by molar-refractivity contribution is 0.259. The van der Waals surface area contributed by atoms with Crippen molar-refractivity contribution in [3.8, 4) is 0 Å². The highest BCUT2D eigenvalue weighted by atomic mass is 32.2. The fraction of sp³-hybridized carbons (Fsp3) is 0.562. The Labute approximate surface area is 158 Å². The third kappa shape index (κ3) is 5.07. The lowest BCUT2D eigenvalue weighted by atomic mass is 10.3. The van der Waals surface area contributed by atoms with Crippen LogP contribution in [-0.4, -0.2) is 71.2 Å². The highest BCUT2D eigenvalue weighted by molar-refractivity contribution is 7.88. The Morgan fingerprint density at radius 3 is 2.70 bits per heavy atom. The molecule has 10 nitrogen and oxygen atoms in total. The molecule has 0 radical (unpaired) electrons. The van der Waals surface area contributed by atoms with Crippen LogP contribution in [0.3, 0.4) is 0 Å². The van der Waals surface area contributed by atoms with Crippen molar-refractivity contribution in [3.05, 3.63) is 36.0 Å². The van der Waals surface area contributed by atoms with Crippen molar-refractivity contribution in [3.63, 3.8) is 0 Å². The van der Waals surface area contributed by atoms with Gasteiger partial charge in [-0.25, -0.2) is 13.4 Å². The number of nitrogens with one attached hydrogen (secondary N) is 1. The zero-order valence-corrected chi connectivity index (χ0v) is 16.4. The first kappa shape index (κ1) is 19.4. The predicted octanol–water partition coefficient (Wildman–Crippen LogP) is 0.0212. The van der Waals surface area contributed by atoms with Crippen molar-refractivity contribution >= 4 is 16.0 Å². The molecule has 2 aromatic heterocycles. The van der Waals surface area contributed by atoms with Crippen LogP contribution in [0.2, 0.25) is 0 Å². The van der Waals surface area contributed by atoms with Crippen LogP contribution in [0, 0.1) is 0 Å². The van der Waals surface area contributed by atoms with Crippen LogP contribution in [0.5, 0.6) is 0 Å². The summed E-state index contributed by atoms with van der Waals surface area (Å²) in [5.41, 5.74) is 1.45. The van der Waals surface area contributed by atoms with Gasteiger partial charge in [-0.2, -0.15) is 9.40 Å². The molecule has 1 aliphatic rings. The van der Waals surface area contributed by atoms with Gasteiger partial charge in [0.1, 0.15) is 12.0 Å². The molecule has 27 heavy (non-hydrogen) atoms. The smallest absolute Gasteiger partial charge is 0.220 e. The number of rotatable bonds is 6. The number of aromatic nitrogens is 3. The molecule has 0 amide bonds. The van der Waals surface area contributed by atoms with E-state index < -0.39 is 10.0 Å². The van der Waals surface area contributed by atoms with Crippen LogP contribution >= 0.6 is 0 Å². The van der Waals surface area contributed by atoms with Crippen LogP contribution in [0.15, 0.2) is 34.2 Å². The first-order valence-corrected chi connectivity index (χ1v) is 10.5. The largest absolute Gasteiger partial charge is 0.364 e. The normalized spacial score (nSPS) is 16.7. The molecular formula is C16H25N7O3S. The maximum absolute atomic E-state index is 12.5. The molecule has 3 heterocycles. The molecule has 1 N–H and O–H groups in total. The Morgan fingerprint density at radius 1 is 1.33 bits per heavy atom. The Kier molecular flexibility index (Phi) is 6.11. The third-order valence-electron chi connectivity index (χ3n) is 4.26. The number of aliphatic imine (C=N–C) groups is 1. The van der Waals surface area contributed by atoms with Crippen LogP contribution in [0.1, 0.15) is 18.2 Å². The van der Waals surface area contributed by atoms with E-state index in [0.29, 0.717) is 38.4 Å². The molecule has 2 aromatic rings. The first-order chi connectivity index (χ1) is 13.0. The maximum atomic E-state index is 12.5. The van der Waals surface area contributed by atoms with E-state index in [1.165, 1.54) is 10.6 Å². The van der Waals surface area contributed by atoms with E-state index in [-0.39, 0.29) is 5.75 Å². The monoisotopic (exact) mass is 395 g/mol. The summed E-state index contributed by atoms with van der Waals surface area (Å²) >= 11 is 0. The number of aryl methyl sites for hydroxylation is 1. The summed E-state index contributed by atoms with van der Waals surface area (Å²) in [4.78, 5) is 6.74. The minimum atomic E-state index is -3.41. The Hall–Kier alpha value is -2.40. The van der Waals surface area contributed by atoms with Gasteiger partial charge in [0.2, 0.25) is 10.0 Å².